The smallest absolute Gasteiger partial charge is 0.295 e. The Morgan fingerprint density at radius 1 is 0.646 bits per heavy atom. The molecule has 0 radical (unpaired) electrons. The van der Waals surface area contributed by atoms with Crippen LogP contribution in [0, 0.1) is 0 Å². The second-order valence-corrected chi connectivity index (χ2v) is 10.9. The number of rotatable bonds is 18. The third-order valence-corrected chi connectivity index (χ3v) is 7.20. The minimum Gasteiger partial charge on any atom is -0.376 e. The molecule has 0 fully saturated rings. The van der Waals surface area contributed by atoms with Crippen molar-refractivity contribution in [2.45, 2.75) is 9.79 Å². The summed E-state index contributed by atoms with van der Waals surface area (Å²) in [6.07, 6.45) is 2.91. The molecule has 0 amide bonds. The molecule has 0 atom stereocenters. The van der Waals surface area contributed by atoms with Crippen molar-refractivity contribution in [3.8, 4) is 0 Å². The van der Waals surface area contributed by atoms with Gasteiger partial charge in [0, 0.05) is 16.3 Å². The average molecular weight is 709 g/mol. The van der Waals surface area contributed by atoms with Gasteiger partial charge in [0.15, 0.2) is 0 Å². The monoisotopic (exact) mass is 708 g/mol. The molecule has 2 aromatic heterocycles. The van der Waals surface area contributed by atoms with Gasteiger partial charge in [-0.3, -0.25) is 4.55 Å². The van der Waals surface area contributed by atoms with E-state index in [1.165, 1.54) is 24.3 Å². The Kier molecular flexibility index (Phi) is 12.9. The van der Waals surface area contributed by atoms with E-state index in [2.05, 4.69) is 71.2 Å². The fourth-order valence-electron chi connectivity index (χ4n) is 3.75. The van der Waals surface area contributed by atoms with Crippen LogP contribution in [0.4, 0.5) is 47.1 Å². The molecule has 48 heavy (non-hydrogen) atoms. The summed E-state index contributed by atoms with van der Waals surface area (Å²) in [4.78, 5) is 24.1. The third-order valence-electron chi connectivity index (χ3n) is 5.63. The first kappa shape index (κ1) is 35.8. The third kappa shape index (κ3) is 10.2. The van der Waals surface area contributed by atoms with Gasteiger partial charge >= 0.3 is 0 Å². The summed E-state index contributed by atoms with van der Waals surface area (Å²) >= 11 is 0.606. The van der Waals surface area contributed by atoms with E-state index < -0.39 is 41.9 Å². The first-order valence-corrected chi connectivity index (χ1v) is 15.4. The molecule has 4 rings (SSSR count). The molecule has 0 aliphatic heterocycles. The van der Waals surface area contributed by atoms with Crippen molar-refractivity contribution >= 4 is 81.4 Å². The van der Waals surface area contributed by atoms with Crippen molar-refractivity contribution in [3.63, 3.8) is 0 Å². The molecule has 0 spiro atoms. The van der Waals surface area contributed by atoms with Gasteiger partial charge in [-0.2, -0.15) is 38.3 Å². The van der Waals surface area contributed by atoms with Crippen molar-refractivity contribution in [1.82, 2.24) is 29.9 Å². The molecule has 0 aliphatic rings. The van der Waals surface area contributed by atoms with Crippen LogP contribution in [-0.2, 0) is 19.5 Å². The Balaban J connectivity index is 1.63. The van der Waals surface area contributed by atoms with Gasteiger partial charge in [-0.15, -0.1) is 4.33 Å². The molecule has 0 saturated carbocycles. The van der Waals surface area contributed by atoms with Gasteiger partial charge in [0.1, 0.15) is 31.8 Å². The second-order valence-electron chi connectivity index (χ2n) is 8.74. The lowest BCUT2D eigenvalue weighted by Crippen LogP contribution is -2.12. The Morgan fingerprint density at radius 3 is 1.50 bits per heavy atom. The van der Waals surface area contributed by atoms with Gasteiger partial charge in [-0.05, 0) is 35.4 Å². The van der Waals surface area contributed by atoms with Crippen molar-refractivity contribution in [2.24, 2.45) is 0 Å². The Morgan fingerprint density at radius 2 is 1.06 bits per heavy atom. The van der Waals surface area contributed by atoms with Crippen molar-refractivity contribution in [2.75, 3.05) is 58.8 Å². The zero-order valence-electron chi connectivity index (χ0n) is 24.3. The van der Waals surface area contributed by atoms with Crippen LogP contribution in [0.25, 0.3) is 12.2 Å². The zero-order valence-corrected chi connectivity index (χ0v) is 25.9. The van der Waals surface area contributed by atoms with Crippen LogP contribution in [0.1, 0.15) is 11.1 Å². The maximum atomic E-state index is 12.4. The fourth-order valence-corrected chi connectivity index (χ4v) is 4.97. The number of nitrogens with one attached hydrogen (secondary N) is 6. The van der Waals surface area contributed by atoms with Crippen LogP contribution < -0.4 is 31.9 Å². The largest absolute Gasteiger partial charge is 0.376 e. The lowest BCUT2D eigenvalue weighted by atomic mass is 10.1. The van der Waals surface area contributed by atoms with E-state index in [-0.39, 0.29) is 46.9 Å². The van der Waals surface area contributed by atoms with Gasteiger partial charge < -0.3 is 52.3 Å². The maximum absolute atomic E-state index is 12.4. The lowest BCUT2D eigenvalue weighted by molar-refractivity contribution is -0.432. The maximum Gasteiger partial charge on any atom is 0.295 e. The molecule has 0 unspecified atom stereocenters. The van der Waals surface area contributed by atoms with E-state index in [9.17, 15) is 13.0 Å². The van der Waals surface area contributed by atoms with E-state index >= 15 is 0 Å². The van der Waals surface area contributed by atoms with Gasteiger partial charge in [-0.25, -0.2) is 5.26 Å². The van der Waals surface area contributed by atoms with Gasteiger partial charge in [0.05, 0.1) is 12.0 Å². The van der Waals surface area contributed by atoms with Crippen LogP contribution in [0.15, 0.2) is 46.2 Å². The highest BCUT2D eigenvalue weighted by Gasteiger charge is 2.17. The molecule has 0 bridgehead atoms. The minimum absolute atomic E-state index is 0.00758. The highest BCUT2D eigenvalue weighted by Crippen LogP contribution is 2.31. The van der Waals surface area contributed by atoms with Crippen molar-refractivity contribution < 1.29 is 48.0 Å². The number of benzene rings is 2. The minimum atomic E-state index is -4.76. The molecule has 4 aromatic rings. The molecule has 0 saturated heterocycles. The number of aliphatic hydroxyl groups excluding tert-OH is 4. The standard InChI is InChI=1S/C24H28N12O10S2/c37-9-25-19-31-20(26-10-38)34-23(33-19)29-15-5-3-13(17(7-15)47-46-45-41)1-2-14-4-6-16(8-18(14)48(42,43)44)30-24-35-21(27-11-39)32-22(36-24)28-12-40/h1-8,37-41H,9-12H2,(H,42,43,44)(H3,25,26,29,31,33,34)(H3,27,28,30,32,35,36)/b2-1+. The molecule has 22 nitrogen and oxygen atoms in total. The SMILES string of the molecule is O=S(=O)(O)c1cc(Nc2nc(NCO)nc(NCO)n2)ccc1/C=C/c1ccc(Nc2nc(NCO)nc(NCO)n2)cc1SOOO. The predicted octanol–water partition coefficient (Wildman–Crippen LogP) is 0.836. The zero-order chi connectivity index (χ0) is 34.5. The first-order chi connectivity index (χ1) is 23.1. The molecule has 12 N–H and O–H groups in total. The summed E-state index contributed by atoms with van der Waals surface area (Å²) in [5.74, 6) is -0.137. The van der Waals surface area contributed by atoms with E-state index in [0.29, 0.717) is 28.2 Å². The van der Waals surface area contributed by atoms with Crippen LogP contribution in [-0.4, -0.2) is 95.5 Å². The Bertz CT molecular complexity index is 1790. The topological polar surface area (TPSA) is 324 Å². The lowest BCUT2D eigenvalue weighted by Gasteiger charge is -2.12. The normalized spacial score (nSPS) is 11.4. The Labute approximate surface area is 275 Å². The summed E-state index contributed by atoms with van der Waals surface area (Å²) < 4.78 is 39.3. The second kappa shape index (κ2) is 17.2. The van der Waals surface area contributed by atoms with Crippen LogP contribution in [0.3, 0.4) is 0 Å². The number of aromatic nitrogens is 6. The molecule has 24 heteroatoms. The molecule has 2 aromatic carbocycles. The molecular weight excluding hydrogens is 680 g/mol. The van der Waals surface area contributed by atoms with E-state index in [0.717, 1.165) is 6.07 Å². The van der Waals surface area contributed by atoms with Gasteiger partial charge in [0.25, 0.3) is 10.1 Å². The van der Waals surface area contributed by atoms with Crippen LogP contribution in [0.2, 0.25) is 0 Å². The number of hydrogen-bond donors (Lipinski definition) is 12. The number of anilines is 8. The first-order valence-electron chi connectivity index (χ1n) is 13.2. The molecule has 2 heterocycles. The Hall–Kier alpha value is -5.02. The quantitative estimate of drug-likeness (QED) is 0.0170. The average Bonchev–Trinajstić information content (AvgIpc) is 3.04. The summed E-state index contributed by atoms with van der Waals surface area (Å²) in [5, 5.41) is 64.7. The fraction of sp³-hybridized carbons (Fsp3) is 0.167. The van der Waals surface area contributed by atoms with Crippen LogP contribution >= 0.6 is 12.0 Å². The number of hydrogen-bond acceptors (Lipinski definition) is 22. The summed E-state index contributed by atoms with van der Waals surface area (Å²) in [6, 6.07) is 8.78. The van der Waals surface area contributed by atoms with E-state index in [1.54, 1.807) is 18.2 Å². The summed E-state index contributed by atoms with van der Waals surface area (Å²) in [7, 11) is -4.76. The highest BCUT2D eigenvalue weighted by molar-refractivity contribution is 7.94. The number of aliphatic hydroxyl groups is 4. The molecule has 0 aliphatic carbocycles. The van der Waals surface area contributed by atoms with Gasteiger partial charge in [0.2, 0.25) is 35.7 Å². The highest BCUT2D eigenvalue weighted by atomic mass is 32.2. The van der Waals surface area contributed by atoms with E-state index in [4.69, 9.17) is 25.7 Å². The van der Waals surface area contributed by atoms with Crippen molar-refractivity contribution in [1.29, 1.82) is 0 Å². The number of nitrogens with zero attached hydrogens (tertiary/aromatic N) is 6. The molecular formula is C24H28N12O10S2. The molecule has 256 valence electrons. The van der Waals surface area contributed by atoms with Crippen molar-refractivity contribution in [3.05, 3.63) is 47.5 Å². The predicted molar refractivity (Wildman–Crippen MR) is 171 cm³/mol. The van der Waals surface area contributed by atoms with Gasteiger partial charge in [-0.1, -0.05) is 29.3 Å². The summed E-state index contributed by atoms with van der Waals surface area (Å²) in [5.41, 5.74) is 1.10. The van der Waals surface area contributed by atoms with Crippen LogP contribution in [0.5, 0.6) is 0 Å². The summed E-state index contributed by atoms with van der Waals surface area (Å²) in [6.45, 7) is -1.93. The van der Waals surface area contributed by atoms with E-state index in [1.807, 2.05) is 0 Å².